The van der Waals surface area contributed by atoms with E-state index in [2.05, 4.69) is 24.9 Å². The van der Waals surface area contributed by atoms with Gasteiger partial charge in [0.05, 0.1) is 24.9 Å². The predicted molar refractivity (Wildman–Crippen MR) is 134 cm³/mol. The molecule has 1 aliphatic heterocycles. The molecule has 2 aromatic heterocycles. The maximum Gasteiger partial charge on any atom is 0.341 e. The molecule has 0 radical (unpaired) electrons. The maximum absolute atomic E-state index is 12.6. The number of pyridine rings is 1. The van der Waals surface area contributed by atoms with Crippen molar-refractivity contribution in [3.05, 3.63) is 56.8 Å². The van der Waals surface area contributed by atoms with Crippen LogP contribution < -0.4 is 15.2 Å². The highest BCUT2D eigenvalue weighted by molar-refractivity contribution is 7.15. The van der Waals surface area contributed by atoms with E-state index in [9.17, 15) is 14.7 Å². The highest BCUT2D eigenvalue weighted by atomic mass is 32.1. The van der Waals surface area contributed by atoms with Crippen molar-refractivity contribution in [2.45, 2.75) is 64.5 Å². The van der Waals surface area contributed by atoms with Crippen LogP contribution in [0.2, 0.25) is 0 Å². The van der Waals surface area contributed by atoms with Gasteiger partial charge in [-0.15, -0.1) is 11.3 Å². The second kappa shape index (κ2) is 8.91. The van der Waals surface area contributed by atoms with Gasteiger partial charge in [0.1, 0.15) is 16.3 Å². The second-order valence-corrected chi connectivity index (χ2v) is 10.5. The average molecular weight is 480 g/mol. The SMILES string of the molecule is COc1cc2c(cc1-c1ncc(C3CCCCC3)s1)CN(C(C)C)n1cc(C(=O)O)c(=O)cc1-2. The monoisotopic (exact) mass is 479 g/mol. The summed E-state index contributed by atoms with van der Waals surface area (Å²) >= 11 is 1.75. The summed E-state index contributed by atoms with van der Waals surface area (Å²) in [4.78, 5) is 30.3. The molecule has 0 spiro atoms. The van der Waals surface area contributed by atoms with Crippen LogP contribution in [0.1, 0.15) is 72.7 Å². The van der Waals surface area contributed by atoms with E-state index in [1.165, 1.54) is 49.2 Å². The number of benzene rings is 1. The lowest BCUT2D eigenvalue weighted by molar-refractivity contribution is 0.0694. The number of ether oxygens (including phenoxy) is 1. The predicted octanol–water partition coefficient (Wildman–Crippen LogP) is 5.25. The van der Waals surface area contributed by atoms with E-state index < -0.39 is 11.4 Å². The third-order valence-electron chi connectivity index (χ3n) is 6.93. The van der Waals surface area contributed by atoms with E-state index in [0.29, 0.717) is 23.9 Å². The minimum absolute atomic E-state index is 0.0966. The Labute approximate surface area is 202 Å². The highest BCUT2D eigenvalue weighted by Gasteiger charge is 2.28. The van der Waals surface area contributed by atoms with E-state index >= 15 is 0 Å². The number of methoxy groups -OCH3 is 1. The van der Waals surface area contributed by atoms with Crippen LogP contribution in [0.4, 0.5) is 0 Å². The molecule has 5 rings (SSSR count). The molecule has 178 valence electrons. The summed E-state index contributed by atoms with van der Waals surface area (Å²) < 4.78 is 7.57. The van der Waals surface area contributed by atoms with Crippen LogP contribution >= 0.6 is 11.3 Å². The van der Waals surface area contributed by atoms with Crippen LogP contribution in [-0.2, 0) is 6.54 Å². The van der Waals surface area contributed by atoms with Gasteiger partial charge in [-0.3, -0.25) is 9.47 Å². The molecule has 0 atom stereocenters. The number of rotatable bonds is 5. The number of aromatic carboxylic acids is 1. The third-order valence-corrected chi connectivity index (χ3v) is 8.12. The fourth-order valence-corrected chi connectivity index (χ4v) is 6.20. The number of nitrogens with zero attached hydrogens (tertiary/aromatic N) is 3. The molecule has 3 aromatic rings. The summed E-state index contributed by atoms with van der Waals surface area (Å²) in [6.45, 7) is 4.68. The number of carboxylic acid groups (broad SMARTS) is 1. The first kappa shape index (κ1) is 22.7. The first-order valence-corrected chi connectivity index (χ1v) is 12.6. The molecule has 0 saturated heterocycles. The number of fused-ring (bicyclic) bond motifs is 3. The van der Waals surface area contributed by atoms with Gasteiger partial charge in [-0.05, 0) is 50.3 Å². The van der Waals surface area contributed by atoms with Gasteiger partial charge in [-0.25, -0.2) is 9.78 Å². The van der Waals surface area contributed by atoms with E-state index in [1.54, 1.807) is 23.1 Å². The van der Waals surface area contributed by atoms with Crippen molar-refractivity contribution in [3.63, 3.8) is 0 Å². The van der Waals surface area contributed by atoms with Gasteiger partial charge >= 0.3 is 5.97 Å². The molecule has 3 heterocycles. The first-order chi connectivity index (χ1) is 16.4. The van der Waals surface area contributed by atoms with Crippen LogP contribution in [0.5, 0.6) is 5.75 Å². The van der Waals surface area contributed by atoms with Gasteiger partial charge < -0.3 is 14.9 Å². The number of thiazole rings is 1. The molecule has 1 aliphatic carbocycles. The van der Waals surface area contributed by atoms with Gasteiger partial charge in [0.25, 0.3) is 0 Å². The van der Waals surface area contributed by atoms with E-state index in [0.717, 1.165) is 21.7 Å². The minimum atomic E-state index is -1.22. The molecular formula is C26H29N3O4S. The van der Waals surface area contributed by atoms with Crippen LogP contribution in [-0.4, -0.2) is 33.9 Å². The topological polar surface area (TPSA) is 84.7 Å². The van der Waals surface area contributed by atoms with Crippen molar-refractivity contribution in [2.75, 3.05) is 12.1 Å². The van der Waals surface area contributed by atoms with Gasteiger partial charge in [0.2, 0.25) is 0 Å². The molecule has 34 heavy (non-hydrogen) atoms. The van der Waals surface area contributed by atoms with E-state index in [-0.39, 0.29) is 11.6 Å². The zero-order chi connectivity index (χ0) is 24.0. The Hall–Kier alpha value is -3.13. The van der Waals surface area contributed by atoms with Gasteiger partial charge in [0, 0.05) is 34.9 Å². The lowest BCUT2D eigenvalue weighted by Gasteiger charge is -2.38. The Morgan fingerprint density at radius 1 is 1.18 bits per heavy atom. The number of aromatic nitrogens is 2. The number of carboxylic acids is 1. The summed E-state index contributed by atoms with van der Waals surface area (Å²) in [5, 5.41) is 12.5. The Bertz CT molecular complexity index is 1300. The van der Waals surface area contributed by atoms with Crippen LogP contribution in [0, 0.1) is 0 Å². The van der Waals surface area contributed by atoms with Crippen molar-refractivity contribution in [1.82, 2.24) is 9.66 Å². The maximum atomic E-state index is 12.6. The molecule has 8 heteroatoms. The highest BCUT2D eigenvalue weighted by Crippen LogP contribution is 2.43. The number of hydrogen-bond acceptors (Lipinski definition) is 6. The van der Waals surface area contributed by atoms with Crippen LogP contribution in [0.3, 0.4) is 0 Å². The lowest BCUT2D eigenvalue weighted by Crippen LogP contribution is -2.44. The molecule has 0 amide bonds. The zero-order valence-electron chi connectivity index (χ0n) is 19.7. The Kier molecular flexibility index (Phi) is 5.93. The molecule has 1 N–H and O–H groups in total. The molecule has 1 saturated carbocycles. The molecule has 0 bridgehead atoms. The average Bonchev–Trinajstić information content (AvgIpc) is 3.33. The largest absolute Gasteiger partial charge is 0.496 e. The Balaban J connectivity index is 1.62. The second-order valence-electron chi connectivity index (χ2n) is 9.39. The molecular weight excluding hydrogens is 450 g/mol. The Morgan fingerprint density at radius 2 is 1.94 bits per heavy atom. The van der Waals surface area contributed by atoms with Gasteiger partial charge in [-0.2, -0.15) is 0 Å². The quantitative estimate of drug-likeness (QED) is 0.538. The van der Waals surface area contributed by atoms with Crippen LogP contribution in [0.25, 0.3) is 21.8 Å². The Morgan fingerprint density at radius 3 is 2.62 bits per heavy atom. The van der Waals surface area contributed by atoms with Crippen molar-refractivity contribution < 1.29 is 14.6 Å². The zero-order valence-corrected chi connectivity index (χ0v) is 20.5. The molecule has 1 fully saturated rings. The van der Waals surface area contributed by atoms with Crippen molar-refractivity contribution in [3.8, 4) is 27.6 Å². The van der Waals surface area contributed by atoms with E-state index in [1.807, 2.05) is 12.3 Å². The third kappa shape index (κ3) is 3.90. The summed E-state index contributed by atoms with van der Waals surface area (Å²) in [6.07, 6.45) is 9.82. The summed E-state index contributed by atoms with van der Waals surface area (Å²) in [7, 11) is 1.64. The lowest BCUT2D eigenvalue weighted by atomic mass is 9.89. The van der Waals surface area contributed by atoms with Crippen molar-refractivity contribution in [1.29, 1.82) is 0 Å². The van der Waals surface area contributed by atoms with Gasteiger partial charge in [-0.1, -0.05) is 19.3 Å². The minimum Gasteiger partial charge on any atom is -0.496 e. The van der Waals surface area contributed by atoms with Crippen molar-refractivity contribution >= 4 is 17.3 Å². The smallest absolute Gasteiger partial charge is 0.341 e. The number of carbonyl (C=O) groups is 1. The van der Waals surface area contributed by atoms with Crippen molar-refractivity contribution in [2.24, 2.45) is 0 Å². The summed E-state index contributed by atoms with van der Waals surface area (Å²) in [6, 6.07) is 5.59. The van der Waals surface area contributed by atoms with E-state index in [4.69, 9.17) is 9.72 Å². The molecule has 1 aromatic carbocycles. The number of hydrogen-bond donors (Lipinski definition) is 1. The fourth-order valence-electron chi connectivity index (χ4n) is 5.10. The fraction of sp³-hybridized carbons (Fsp3) is 0.423. The molecule has 0 unspecified atom stereocenters. The van der Waals surface area contributed by atoms with Crippen LogP contribution in [0.15, 0.2) is 35.4 Å². The molecule has 7 nitrogen and oxygen atoms in total. The first-order valence-electron chi connectivity index (χ1n) is 11.8. The molecule has 2 aliphatic rings. The normalized spacial score (nSPS) is 15.8. The standard InChI is InChI=1S/C26H29N3O4S/c1-15(2)28-13-17-9-19(25-27-12-24(34-25)16-7-5-4-6-8-16)23(33-3)10-18(17)21-11-22(30)20(26(31)32)14-29(21)28/h9-12,14-16H,4-8,13H2,1-3H3,(H,31,32). The summed E-state index contributed by atoms with van der Waals surface area (Å²) in [5.74, 6) is 0.0742. The summed E-state index contributed by atoms with van der Waals surface area (Å²) in [5.41, 5.74) is 2.80. The van der Waals surface area contributed by atoms with Gasteiger partial charge in [0.15, 0.2) is 5.43 Å².